The number of aryl methyl sites for hydroxylation is 1. The summed E-state index contributed by atoms with van der Waals surface area (Å²) < 4.78 is 29.3. The van der Waals surface area contributed by atoms with Gasteiger partial charge in [-0.1, -0.05) is 85.8 Å². The Morgan fingerprint density at radius 2 is 1.75 bits per heavy atom. The number of halogens is 1. The van der Waals surface area contributed by atoms with E-state index in [1.54, 1.807) is 30.7 Å². The van der Waals surface area contributed by atoms with Crippen LogP contribution in [0, 0.1) is 12.7 Å². The number of carbonyl (C=O) groups excluding carboxylic acids is 1. The molecule has 0 spiro atoms. The molecule has 9 heteroatoms. The molecule has 7 nitrogen and oxygen atoms in total. The lowest BCUT2D eigenvalue weighted by Crippen LogP contribution is -2.40. The SMILES string of the molecule is CCOC(=O)C1=C(c2ccccc2)N=c2s/c(=C\c3cn(Cc4ccc(F)cc4)c4ccccc34)c(=O)n2[C@H]1c1cc(C(C)C)c(OC)cc1C. The van der Waals surface area contributed by atoms with Gasteiger partial charge in [-0.2, -0.15) is 0 Å². The molecule has 0 saturated carbocycles. The van der Waals surface area contributed by atoms with Gasteiger partial charge >= 0.3 is 5.97 Å². The van der Waals surface area contributed by atoms with Crippen LogP contribution in [0.2, 0.25) is 0 Å². The number of nitrogens with zero attached hydrogens (tertiary/aromatic N) is 3. The van der Waals surface area contributed by atoms with E-state index in [4.69, 9.17) is 14.5 Å². The lowest BCUT2D eigenvalue weighted by Gasteiger charge is -2.28. The number of hydrogen-bond donors (Lipinski definition) is 0. The van der Waals surface area contributed by atoms with Gasteiger partial charge in [-0.3, -0.25) is 9.36 Å². The molecular formula is C42H38FN3O4S. The van der Waals surface area contributed by atoms with Crippen molar-refractivity contribution in [2.75, 3.05) is 13.7 Å². The number of esters is 1. The number of methoxy groups -OCH3 is 1. The smallest absolute Gasteiger partial charge is 0.338 e. The fourth-order valence-electron chi connectivity index (χ4n) is 6.82. The van der Waals surface area contributed by atoms with Gasteiger partial charge in [0.25, 0.3) is 5.56 Å². The van der Waals surface area contributed by atoms with Crippen LogP contribution >= 0.6 is 11.3 Å². The van der Waals surface area contributed by atoms with Crippen LogP contribution in [-0.4, -0.2) is 28.8 Å². The van der Waals surface area contributed by atoms with Crippen LogP contribution in [-0.2, 0) is 16.1 Å². The average molecular weight is 700 g/mol. The predicted molar refractivity (Wildman–Crippen MR) is 200 cm³/mol. The highest BCUT2D eigenvalue weighted by Gasteiger charge is 2.36. The maximum Gasteiger partial charge on any atom is 0.338 e. The molecule has 6 aromatic rings. The van der Waals surface area contributed by atoms with Gasteiger partial charge in [0.1, 0.15) is 11.6 Å². The van der Waals surface area contributed by atoms with Gasteiger partial charge in [-0.05, 0) is 78.4 Å². The molecule has 2 aromatic heterocycles. The topological polar surface area (TPSA) is 74.8 Å². The van der Waals surface area contributed by atoms with Crippen molar-refractivity contribution in [1.29, 1.82) is 0 Å². The Balaban J connectivity index is 1.49. The number of rotatable bonds is 9. The summed E-state index contributed by atoms with van der Waals surface area (Å²) in [6.07, 6.45) is 3.92. The first kappa shape index (κ1) is 33.9. The van der Waals surface area contributed by atoms with Crippen molar-refractivity contribution in [3.8, 4) is 5.75 Å². The first-order valence-electron chi connectivity index (χ1n) is 17.0. The molecule has 258 valence electrons. The Labute approximate surface area is 299 Å². The van der Waals surface area contributed by atoms with Crippen molar-refractivity contribution >= 4 is 40.0 Å². The first-order chi connectivity index (χ1) is 24.7. The highest BCUT2D eigenvalue weighted by molar-refractivity contribution is 7.07. The first-order valence-corrected chi connectivity index (χ1v) is 17.8. The van der Waals surface area contributed by atoms with Crippen LogP contribution in [0.5, 0.6) is 5.75 Å². The molecule has 1 aliphatic rings. The van der Waals surface area contributed by atoms with Crippen molar-refractivity contribution in [3.05, 3.63) is 162 Å². The van der Waals surface area contributed by atoms with Gasteiger partial charge < -0.3 is 14.0 Å². The van der Waals surface area contributed by atoms with E-state index in [9.17, 15) is 14.0 Å². The molecule has 0 aliphatic carbocycles. The molecular weight excluding hydrogens is 662 g/mol. The quantitative estimate of drug-likeness (QED) is 0.147. The molecule has 4 aromatic carbocycles. The summed E-state index contributed by atoms with van der Waals surface area (Å²) in [7, 11) is 1.65. The zero-order valence-electron chi connectivity index (χ0n) is 29.1. The largest absolute Gasteiger partial charge is 0.496 e. The minimum atomic E-state index is -0.805. The van der Waals surface area contributed by atoms with Crippen molar-refractivity contribution in [2.45, 2.75) is 46.2 Å². The zero-order valence-corrected chi connectivity index (χ0v) is 30.0. The molecule has 0 amide bonds. The Morgan fingerprint density at radius 1 is 1.02 bits per heavy atom. The summed E-state index contributed by atoms with van der Waals surface area (Å²) in [4.78, 5) is 34.3. The van der Waals surface area contributed by atoms with Crippen molar-refractivity contribution in [3.63, 3.8) is 0 Å². The van der Waals surface area contributed by atoms with Crippen LogP contribution in [0.4, 0.5) is 4.39 Å². The van der Waals surface area contributed by atoms with Crippen molar-refractivity contribution in [2.24, 2.45) is 4.99 Å². The van der Waals surface area contributed by atoms with Crippen LogP contribution in [0.15, 0.2) is 113 Å². The van der Waals surface area contributed by atoms with Crippen LogP contribution in [0.25, 0.3) is 22.7 Å². The van der Waals surface area contributed by atoms with E-state index in [-0.39, 0.29) is 23.9 Å². The molecule has 1 aliphatic heterocycles. The van der Waals surface area contributed by atoms with Crippen molar-refractivity contribution in [1.82, 2.24) is 9.13 Å². The number of thiazole rings is 1. The number of fused-ring (bicyclic) bond motifs is 2. The van der Waals surface area contributed by atoms with E-state index in [0.29, 0.717) is 27.1 Å². The average Bonchev–Trinajstić information content (AvgIpc) is 3.64. The molecule has 0 bridgehead atoms. The van der Waals surface area contributed by atoms with E-state index in [1.165, 1.54) is 23.5 Å². The second-order valence-electron chi connectivity index (χ2n) is 12.9. The molecule has 1 atom stereocenters. The summed E-state index contributed by atoms with van der Waals surface area (Å²) >= 11 is 1.29. The number of aromatic nitrogens is 2. The Kier molecular flexibility index (Phi) is 9.31. The standard InChI is InChI=1S/C42H38FN3O4S/c1-6-50-41(48)37-38(28-12-8-7-9-13-28)44-42-46(39(37)33-22-32(25(2)3)35(49-5)20-26(33)4)40(47)36(51-42)21-29-24-45(34-15-11-10-14-31(29)34)23-27-16-18-30(43)19-17-27/h7-22,24-25,39H,6,23H2,1-5H3/b36-21-/t39-/m0/s1. The van der Waals surface area contributed by atoms with Crippen LogP contribution in [0.3, 0.4) is 0 Å². The highest BCUT2D eigenvalue weighted by atomic mass is 32.1. The summed E-state index contributed by atoms with van der Waals surface area (Å²) in [5.41, 5.74) is 6.73. The summed E-state index contributed by atoms with van der Waals surface area (Å²) in [6, 6.07) is 27.3. The van der Waals surface area contributed by atoms with Crippen molar-refractivity contribution < 1.29 is 18.7 Å². The van der Waals surface area contributed by atoms with E-state index in [2.05, 4.69) is 24.5 Å². The number of carbonyl (C=O) groups is 1. The van der Waals surface area contributed by atoms with Gasteiger partial charge in [0.2, 0.25) is 0 Å². The molecule has 51 heavy (non-hydrogen) atoms. The van der Waals surface area contributed by atoms with E-state index >= 15 is 0 Å². The third kappa shape index (κ3) is 6.34. The monoisotopic (exact) mass is 699 g/mol. The Hall–Kier alpha value is -5.54. The minimum Gasteiger partial charge on any atom is -0.496 e. The zero-order chi connectivity index (χ0) is 35.8. The molecule has 7 rings (SSSR count). The predicted octanol–water partition coefficient (Wildman–Crippen LogP) is 7.52. The molecule has 0 N–H and O–H groups in total. The maximum atomic E-state index is 14.7. The lowest BCUT2D eigenvalue weighted by atomic mass is 9.87. The third-order valence-corrected chi connectivity index (χ3v) is 10.3. The molecule has 0 fully saturated rings. The van der Waals surface area contributed by atoms with Gasteiger partial charge in [-0.15, -0.1) is 0 Å². The van der Waals surface area contributed by atoms with E-state index in [0.717, 1.165) is 50.0 Å². The Morgan fingerprint density at radius 3 is 2.45 bits per heavy atom. The number of para-hydroxylation sites is 1. The number of hydrogen-bond acceptors (Lipinski definition) is 6. The summed E-state index contributed by atoms with van der Waals surface area (Å²) in [6.45, 7) is 8.63. The molecule has 3 heterocycles. The normalized spacial score (nSPS) is 14.6. The summed E-state index contributed by atoms with van der Waals surface area (Å²) in [5.74, 6) is 0.0634. The van der Waals surface area contributed by atoms with Crippen LogP contribution in [0.1, 0.15) is 66.1 Å². The molecule has 0 unspecified atom stereocenters. The van der Waals surface area contributed by atoms with Gasteiger partial charge in [0, 0.05) is 34.8 Å². The fraction of sp³-hybridized carbons (Fsp3) is 0.214. The van der Waals surface area contributed by atoms with E-state index < -0.39 is 12.0 Å². The van der Waals surface area contributed by atoms with Crippen LogP contribution < -0.4 is 19.6 Å². The van der Waals surface area contributed by atoms with Gasteiger partial charge in [0.05, 0.1) is 35.6 Å². The third-order valence-electron chi connectivity index (χ3n) is 9.28. The molecule has 0 saturated heterocycles. The van der Waals surface area contributed by atoms with Gasteiger partial charge in [0.15, 0.2) is 4.80 Å². The minimum absolute atomic E-state index is 0.117. The number of benzene rings is 4. The fourth-order valence-corrected chi connectivity index (χ4v) is 7.81. The second kappa shape index (κ2) is 14.0. The van der Waals surface area contributed by atoms with E-state index in [1.807, 2.05) is 79.9 Å². The number of ether oxygens (including phenoxy) is 2. The maximum absolute atomic E-state index is 14.7. The van der Waals surface area contributed by atoms with Gasteiger partial charge in [-0.25, -0.2) is 14.2 Å². The Bertz CT molecular complexity index is 2490. The lowest BCUT2D eigenvalue weighted by molar-refractivity contribution is -0.138. The summed E-state index contributed by atoms with van der Waals surface area (Å²) in [5, 5.41) is 0.978. The molecule has 0 radical (unpaired) electrons. The highest BCUT2D eigenvalue weighted by Crippen LogP contribution is 2.40. The second-order valence-corrected chi connectivity index (χ2v) is 13.9.